The number of aryl methyl sites for hydroxylation is 2. The Hall–Kier alpha value is -3.64. The van der Waals surface area contributed by atoms with Crippen molar-refractivity contribution in [2.45, 2.75) is 20.8 Å². The van der Waals surface area contributed by atoms with Gasteiger partial charge in [-0.25, -0.2) is 5.43 Å². The summed E-state index contributed by atoms with van der Waals surface area (Å²) in [5.74, 6) is -1.31. The summed E-state index contributed by atoms with van der Waals surface area (Å²) in [7, 11) is 0. The number of ether oxygens (including phenoxy) is 2. The number of halogens is 2. The van der Waals surface area contributed by atoms with Crippen molar-refractivity contribution >= 4 is 69.5 Å². The van der Waals surface area contributed by atoms with E-state index in [1.807, 2.05) is 39.0 Å². The molecule has 3 rings (SSSR count). The van der Waals surface area contributed by atoms with Crippen LogP contribution in [0, 0.1) is 17.4 Å². The Labute approximate surface area is 239 Å². The average molecular weight is 649 g/mol. The SMILES string of the molecule is CCOc1cc(/C=N\NC(=O)C(=O)Nc2c(C)cccc2C)cc(I)c1OCC(=O)Nc1cccc(Cl)c1. The molecule has 0 bridgehead atoms. The van der Waals surface area contributed by atoms with Crippen LogP contribution in [0.1, 0.15) is 23.6 Å². The summed E-state index contributed by atoms with van der Waals surface area (Å²) in [5, 5.41) is 9.72. The number of hydrogen-bond acceptors (Lipinski definition) is 6. The van der Waals surface area contributed by atoms with Crippen molar-refractivity contribution in [3.63, 3.8) is 0 Å². The number of benzene rings is 3. The molecule has 0 saturated heterocycles. The summed E-state index contributed by atoms with van der Waals surface area (Å²) in [5.41, 5.74) is 5.65. The van der Waals surface area contributed by atoms with E-state index in [0.717, 1.165) is 11.1 Å². The van der Waals surface area contributed by atoms with E-state index in [2.05, 4.69) is 43.8 Å². The molecule has 38 heavy (non-hydrogen) atoms. The second kappa shape index (κ2) is 13.8. The normalized spacial score (nSPS) is 10.7. The number of anilines is 2. The fraction of sp³-hybridized carbons (Fsp3) is 0.185. The van der Waals surface area contributed by atoms with Gasteiger partial charge in [0, 0.05) is 16.4 Å². The van der Waals surface area contributed by atoms with Crippen molar-refractivity contribution in [3.8, 4) is 11.5 Å². The van der Waals surface area contributed by atoms with Crippen molar-refractivity contribution in [1.29, 1.82) is 0 Å². The third-order valence-corrected chi connectivity index (χ3v) is 6.13. The van der Waals surface area contributed by atoms with E-state index < -0.39 is 11.8 Å². The maximum Gasteiger partial charge on any atom is 0.329 e. The zero-order valence-corrected chi connectivity index (χ0v) is 23.8. The number of para-hydroxylation sites is 1. The topological polar surface area (TPSA) is 118 Å². The molecule has 3 aromatic rings. The van der Waals surface area contributed by atoms with Gasteiger partial charge < -0.3 is 20.1 Å². The summed E-state index contributed by atoms with van der Waals surface area (Å²) in [6.07, 6.45) is 1.38. The molecule has 198 valence electrons. The maximum absolute atomic E-state index is 12.3. The molecule has 0 aliphatic heterocycles. The van der Waals surface area contributed by atoms with Crippen molar-refractivity contribution < 1.29 is 23.9 Å². The number of carbonyl (C=O) groups is 3. The van der Waals surface area contributed by atoms with Gasteiger partial charge in [-0.05, 0) is 90.4 Å². The van der Waals surface area contributed by atoms with Crippen LogP contribution in [-0.4, -0.2) is 37.1 Å². The van der Waals surface area contributed by atoms with E-state index in [9.17, 15) is 14.4 Å². The summed E-state index contributed by atoms with van der Waals surface area (Å²) in [4.78, 5) is 36.8. The minimum atomic E-state index is -0.908. The maximum atomic E-state index is 12.3. The standard InChI is InChI=1S/C27H26ClIN4O5/c1-4-37-22-12-18(14-30-33-27(36)26(35)32-24-16(2)7-5-8-17(24)3)11-21(29)25(22)38-15-23(34)31-20-10-6-9-19(28)13-20/h5-14H,4,15H2,1-3H3,(H,31,34)(H,32,35)(H,33,36)/b30-14-. The summed E-state index contributed by atoms with van der Waals surface area (Å²) in [6.45, 7) is 5.61. The highest BCUT2D eigenvalue weighted by atomic mass is 127. The zero-order valence-electron chi connectivity index (χ0n) is 20.9. The van der Waals surface area contributed by atoms with E-state index in [4.69, 9.17) is 21.1 Å². The zero-order chi connectivity index (χ0) is 27.7. The van der Waals surface area contributed by atoms with E-state index in [1.165, 1.54) is 6.21 Å². The highest BCUT2D eigenvalue weighted by Crippen LogP contribution is 2.34. The van der Waals surface area contributed by atoms with Crippen LogP contribution in [0.5, 0.6) is 11.5 Å². The van der Waals surface area contributed by atoms with Gasteiger partial charge in [0.05, 0.1) is 16.4 Å². The summed E-state index contributed by atoms with van der Waals surface area (Å²) >= 11 is 8.00. The Balaban J connectivity index is 1.63. The van der Waals surface area contributed by atoms with E-state index in [-0.39, 0.29) is 12.5 Å². The highest BCUT2D eigenvalue weighted by Gasteiger charge is 2.16. The van der Waals surface area contributed by atoms with Gasteiger partial charge in [-0.2, -0.15) is 5.10 Å². The Bertz CT molecular complexity index is 1360. The predicted octanol–water partition coefficient (Wildman–Crippen LogP) is 5.07. The minimum absolute atomic E-state index is 0.248. The molecule has 0 aliphatic rings. The van der Waals surface area contributed by atoms with Crippen molar-refractivity contribution in [2.75, 3.05) is 23.8 Å². The van der Waals surface area contributed by atoms with Crippen molar-refractivity contribution in [3.05, 3.63) is 79.9 Å². The molecule has 3 amide bonds. The van der Waals surface area contributed by atoms with Gasteiger partial charge in [-0.3, -0.25) is 14.4 Å². The molecular weight excluding hydrogens is 623 g/mol. The molecule has 3 aromatic carbocycles. The lowest BCUT2D eigenvalue weighted by Crippen LogP contribution is -2.32. The Morgan fingerprint density at radius 2 is 1.68 bits per heavy atom. The molecule has 11 heteroatoms. The van der Waals surface area contributed by atoms with Crippen LogP contribution in [0.25, 0.3) is 0 Å². The van der Waals surface area contributed by atoms with Crippen molar-refractivity contribution in [2.24, 2.45) is 5.10 Å². The first-order valence-corrected chi connectivity index (χ1v) is 13.0. The average Bonchev–Trinajstić information content (AvgIpc) is 2.86. The highest BCUT2D eigenvalue weighted by molar-refractivity contribution is 14.1. The van der Waals surface area contributed by atoms with E-state index in [1.54, 1.807) is 36.4 Å². The van der Waals surface area contributed by atoms with Gasteiger partial charge in [-0.1, -0.05) is 35.9 Å². The number of amides is 3. The lowest BCUT2D eigenvalue weighted by molar-refractivity contribution is -0.136. The number of nitrogens with one attached hydrogen (secondary N) is 3. The van der Waals surface area contributed by atoms with Gasteiger partial charge in [0.1, 0.15) is 0 Å². The van der Waals surface area contributed by atoms with Crippen LogP contribution in [0.15, 0.2) is 59.7 Å². The molecule has 0 unspecified atom stereocenters. The molecule has 0 spiro atoms. The second-order valence-electron chi connectivity index (χ2n) is 8.03. The van der Waals surface area contributed by atoms with Gasteiger partial charge in [0.25, 0.3) is 5.91 Å². The van der Waals surface area contributed by atoms with Crippen LogP contribution >= 0.6 is 34.2 Å². The molecule has 3 N–H and O–H groups in total. The third kappa shape index (κ3) is 8.18. The quantitative estimate of drug-likeness (QED) is 0.130. The van der Waals surface area contributed by atoms with Crippen LogP contribution in [-0.2, 0) is 14.4 Å². The summed E-state index contributed by atoms with van der Waals surface area (Å²) in [6, 6.07) is 15.7. The van der Waals surface area contributed by atoms with Gasteiger partial charge in [0.2, 0.25) is 0 Å². The van der Waals surface area contributed by atoms with Crippen LogP contribution in [0.2, 0.25) is 5.02 Å². The number of hydrazone groups is 1. The lowest BCUT2D eigenvalue weighted by atomic mass is 10.1. The second-order valence-corrected chi connectivity index (χ2v) is 9.63. The van der Waals surface area contributed by atoms with E-state index in [0.29, 0.717) is 43.6 Å². The van der Waals surface area contributed by atoms with E-state index >= 15 is 0 Å². The Kier molecular flexibility index (Phi) is 10.5. The van der Waals surface area contributed by atoms with Gasteiger partial charge >= 0.3 is 11.8 Å². The van der Waals surface area contributed by atoms with Gasteiger partial charge in [0.15, 0.2) is 18.1 Å². The smallest absolute Gasteiger partial charge is 0.329 e. The Morgan fingerprint density at radius 3 is 2.37 bits per heavy atom. The number of hydrogen-bond donors (Lipinski definition) is 3. The molecule has 9 nitrogen and oxygen atoms in total. The molecule has 0 fully saturated rings. The third-order valence-electron chi connectivity index (χ3n) is 5.09. The fourth-order valence-electron chi connectivity index (χ4n) is 3.36. The van der Waals surface area contributed by atoms with Crippen LogP contribution in [0.4, 0.5) is 11.4 Å². The van der Waals surface area contributed by atoms with Gasteiger partial charge in [-0.15, -0.1) is 0 Å². The summed E-state index contributed by atoms with van der Waals surface area (Å²) < 4.78 is 12.1. The Morgan fingerprint density at radius 1 is 0.974 bits per heavy atom. The van der Waals surface area contributed by atoms with Crippen molar-refractivity contribution in [1.82, 2.24) is 5.43 Å². The molecule has 0 aliphatic carbocycles. The number of carbonyl (C=O) groups excluding carboxylic acids is 3. The lowest BCUT2D eigenvalue weighted by Gasteiger charge is -2.14. The monoisotopic (exact) mass is 648 g/mol. The first-order chi connectivity index (χ1) is 18.2. The number of rotatable bonds is 9. The number of nitrogens with zero attached hydrogens (tertiary/aromatic N) is 1. The first kappa shape index (κ1) is 28.9. The predicted molar refractivity (Wildman–Crippen MR) is 156 cm³/mol. The molecule has 0 radical (unpaired) electrons. The molecule has 0 heterocycles. The molecule has 0 saturated carbocycles. The molecule has 0 aromatic heterocycles. The molecule has 0 atom stereocenters. The van der Waals surface area contributed by atoms with Crippen LogP contribution < -0.4 is 25.5 Å². The molecular formula is C27H26ClIN4O5. The van der Waals surface area contributed by atoms with Crippen LogP contribution in [0.3, 0.4) is 0 Å². The first-order valence-electron chi connectivity index (χ1n) is 11.5. The fourth-order valence-corrected chi connectivity index (χ4v) is 4.34. The largest absolute Gasteiger partial charge is 0.490 e. The minimum Gasteiger partial charge on any atom is -0.490 e.